The zero-order chi connectivity index (χ0) is 17.3. The number of rotatable bonds is 4. The van der Waals surface area contributed by atoms with Crippen molar-refractivity contribution in [3.8, 4) is 5.75 Å². The molecule has 0 radical (unpaired) electrons. The number of ether oxygens (including phenoxy) is 1. The molecular weight excluding hydrogens is 300 g/mol. The summed E-state index contributed by atoms with van der Waals surface area (Å²) in [4.78, 5) is 14.8. The molecule has 4 heteroatoms. The van der Waals surface area contributed by atoms with Gasteiger partial charge in [-0.15, -0.1) is 0 Å². The third-order valence-electron chi connectivity index (χ3n) is 4.06. The molecule has 2 aromatic carbocycles. The lowest BCUT2D eigenvalue weighted by atomic mass is 10.0. The van der Waals surface area contributed by atoms with Gasteiger partial charge in [-0.05, 0) is 57.5 Å². The Balaban J connectivity index is 2.01. The molecule has 24 heavy (non-hydrogen) atoms. The van der Waals surface area contributed by atoms with Crippen molar-refractivity contribution in [2.45, 2.75) is 46.0 Å². The first kappa shape index (κ1) is 16.4. The van der Waals surface area contributed by atoms with E-state index in [1.807, 2.05) is 81.1 Å². The largest absolute Gasteiger partial charge is 0.491 e. The predicted molar refractivity (Wildman–Crippen MR) is 96.3 cm³/mol. The van der Waals surface area contributed by atoms with Gasteiger partial charge in [-0.3, -0.25) is 4.79 Å². The number of hydrogen-bond donors (Lipinski definition) is 1. The van der Waals surface area contributed by atoms with Crippen LogP contribution < -0.4 is 10.1 Å². The van der Waals surface area contributed by atoms with Gasteiger partial charge in [-0.1, -0.05) is 24.3 Å². The van der Waals surface area contributed by atoms with Gasteiger partial charge in [0.05, 0.1) is 11.7 Å². The van der Waals surface area contributed by atoms with Crippen LogP contribution in [0, 0.1) is 0 Å². The number of carbonyl (C=O) groups excluding carboxylic acids is 1. The Hall–Kier alpha value is -2.49. The second-order valence-corrected chi connectivity index (χ2v) is 6.64. The number of nitrogens with one attached hydrogen (secondary N) is 1. The van der Waals surface area contributed by atoms with E-state index in [1.54, 1.807) is 0 Å². The summed E-state index contributed by atoms with van der Waals surface area (Å²) in [5.41, 5.74) is 2.61. The summed E-state index contributed by atoms with van der Waals surface area (Å²) in [5, 5.41) is 3.51. The van der Waals surface area contributed by atoms with Crippen molar-refractivity contribution in [3.63, 3.8) is 0 Å². The van der Waals surface area contributed by atoms with E-state index in [0.717, 1.165) is 22.6 Å². The van der Waals surface area contributed by atoms with E-state index in [1.165, 1.54) is 0 Å². The Labute approximate surface area is 143 Å². The van der Waals surface area contributed by atoms with Gasteiger partial charge in [0.1, 0.15) is 11.9 Å². The molecule has 126 valence electrons. The number of anilines is 1. The van der Waals surface area contributed by atoms with Crippen LogP contribution in [0.5, 0.6) is 5.75 Å². The lowest BCUT2D eigenvalue weighted by molar-refractivity contribution is 0.0616. The van der Waals surface area contributed by atoms with Crippen LogP contribution in [0.3, 0.4) is 0 Å². The summed E-state index contributed by atoms with van der Waals surface area (Å²) in [5.74, 6) is 0.874. The van der Waals surface area contributed by atoms with Crippen LogP contribution in [0.15, 0.2) is 48.5 Å². The Morgan fingerprint density at radius 1 is 1.04 bits per heavy atom. The van der Waals surface area contributed by atoms with Crippen molar-refractivity contribution in [1.82, 2.24) is 4.90 Å². The summed E-state index contributed by atoms with van der Waals surface area (Å²) in [7, 11) is 0. The average molecular weight is 324 g/mol. The zero-order valence-electron chi connectivity index (χ0n) is 14.6. The number of benzene rings is 2. The van der Waals surface area contributed by atoms with Gasteiger partial charge in [0, 0.05) is 11.7 Å². The van der Waals surface area contributed by atoms with Gasteiger partial charge in [0.25, 0.3) is 5.91 Å². The molecule has 1 aliphatic rings. The van der Waals surface area contributed by atoms with Gasteiger partial charge < -0.3 is 15.0 Å². The van der Waals surface area contributed by atoms with Crippen LogP contribution >= 0.6 is 0 Å². The van der Waals surface area contributed by atoms with E-state index in [4.69, 9.17) is 4.74 Å². The molecule has 0 bridgehead atoms. The number of para-hydroxylation sites is 1. The third kappa shape index (κ3) is 3.09. The van der Waals surface area contributed by atoms with E-state index in [-0.39, 0.29) is 24.2 Å². The molecule has 1 aliphatic heterocycles. The first-order valence-electron chi connectivity index (χ1n) is 8.42. The Morgan fingerprint density at radius 2 is 1.79 bits per heavy atom. The molecule has 4 nitrogen and oxygen atoms in total. The molecule has 1 atom stereocenters. The molecule has 1 heterocycles. The minimum absolute atomic E-state index is 0.0551. The molecule has 0 saturated heterocycles. The van der Waals surface area contributed by atoms with Crippen LogP contribution in [-0.2, 0) is 0 Å². The summed E-state index contributed by atoms with van der Waals surface area (Å²) in [6.45, 7) is 8.08. The van der Waals surface area contributed by atoms with Crippen molar-refractivity contribution in [2.75, 3.05) is 5.32 Å². The summed E-state index contributed by atoms with van der Waals surface area (Å²) < 4.78 is 5.81. The van der Waals surface area contributed by atoms with Gasteiger partial charge in [0.15, 0.2) is 0 Å². The van der Waals surface area contributed by atoms with E-state index < -0.39 is 0 Å². The van der Waals surface area contributed by atoms with Crippen LogP contribution in [0.25, 0.3) is 0 Å². The molecule has 3 rings (SSSR count). The molecule has 0 aromatic heterocycles. The topological polar surface area (TPSA) is 41.6 Å². The van der Waals surface area contributed by atoms with Crippen molar-refractivity contribution >= 4 is 11.6 Å². The molecule has 1 N–H and O–H groups in total. The molecule has 1 amide bonds. The third-order valence-corrected chi connectivity index (χ3v) is 4.06. The zero-order valence-corrected chi connectivity index (χ0v) is 14.6. The van der Waals surface area contributed by atoms with E-state index >= 15 is 0 Å². The smallest absolute Gasteiger partial charge is 0.258 e. The normalized spacial score (nSPS) is 17.0. The average Bonchev–Trinajstić information content (AvgIpc) is 2.54. The fraction of sp³-hybridized carbons (Fsp3) is 0.350. The van der Waals surface area contributed by atoms with Crippen molar-refractivity contribution in [3.05, 3.63) is 59.7 Å². The fourth-order valence-corrected chi connectivity index (χ4v) is 3.08. The maximum absolute atomic E-state index is 13.0. The predicted octanol–water partition coefficient (Wildman–Crippen LogP) is 4.45. The van der Waals surface area contributed by atoms with Crippen LogP contribution in [-0.4, -0.2) is 23.0 Å². The lowest BCUT2D eigenvalue weighted by Gasteiger charge is -2.40. The van der Waals surface area contributed by atoms with Crippen molar-refractivity contribution in [1.29, 1.82) is 0 Å². The highest BCUT2D eigenvalue weighted by Gasteiger charge is 2.34. The maximum Gasteiger partial charge on any atom is 0.258 e. The highest BCUT2D eigenvalue weighted by molar-refractivity contribution is 6.01. The minimum Gasteiger partial charge on any atom is -0.491 e. The van der Waals surface area contributed by atoms with Crippen LogP contribution in [0.2, 0.25) is 0 Å². The number of fused-ring (bicyclic) bond motifs is 1. The Bertz CT molecular complexity index is 740. The molecular formula is C20H24N2O2. The number of amides is 1. The second kappa shape index (κ2) is 6.56. The summed E-state index contributed by atoms with van der Waals surface area (Å²) in [6, 6.07) is 15.7. The molecule has 0 aliphatic carbocycles. The fourth-order valence-electron chi connectivity index (χ4n) is 3.08. The Kier molecular flexibility index (Phi) is 4.47. The maximum atomic E-state index is 13.0. The number of hydrogen-bond acceptors (Lipinski definition) is 3. The second-order valence-electron chi connectivity index (χ2n) is 6.64. The van der Waals surface area contributed by atoms with Gasteiger partial charge in [-0.2, -0.15) is 0 Å². The van der Waals surface area contributed by atoms with E-state index in [0.29, 0.717) is 0 Å². The standard InChI is InChI=1S/C20H24N2O2/c1-13(2)22-19(15-8-7-9-16(12-15)24-14(3)4)21-18-11-6-5-10-17(18)20(22)23/h5-14,19,21H,1-4H3. The summed E-state index contributed by atoms with van der Waals surface area (Å²) >= 11 is 0. The molecule has 0 fully saturated rings. The highest BCUT2D eigenvalue weighted by Crippen LogP contribution is 2.35. The number of carbonyl (C=O) groups is 1. The monoisotopic (exact) mass is 324 g/mol. The quantitative estimate of drug-likeness (QED) is 0.903. The SMILES string of the molecule is CC(C)Oc1cccc(C2Nc3ccccc3C(=O)N2C(C)C)c1. The van der Waals surface area contributed by atoms with E-state index in [9.17, 15) is 4.79 Å². The lowest BCUT2D eigenvalue weighted by Crippen LogP contribution is -2.46. The Morgan fingerprint density at radius 3 is 2.50 bits per heavy atom. The molecule has 0 saturated carbocycles. The van der Waals surface area contributed by atoms with Crippen molar-refractivity contribution < 1.29 is 9.53 Å². The first-order chi connectivity index (χ1) is 11.5. The molecule has 2 aromatic rings. The van der Waals surface area contributed by atoms with Gasteiger partial charge in [-0.25, -0.2) is 0 Å². The van der Waals surface area contributed by atoms with Crippen molar-refractivity contribution in [2.24, 2.45) is 0 Å². The molecule has 1 unspecified atom stereocenters. The van der Waals surface area contributed by atoms with Gasteiger partial charge in [0.2, 0.25) is 0 Å². The minimum atomic E-state index is -0.205. The van der Waals surface area contributed by atoms with Crippen LogP contribution in [0.4, 0.5) is 5.69 Å². The van der Waals surface area contributed by atoms with Crippen LogP contribution in [0.1, 0.15) is 49.8 Å². The number of nitrogens with zero attached hydrogens (tertiary/aromatic N) is 1. The highest BCUT2D eigenvalue weighted by atomic mass is 16.5. The summed E-state index contributed by atoms with van der Waals surface area (Å²) in [6.07, 6.45) is -0.0914. The first-order valence-corrected chi connectivity index (χ1v) is 8.42. The van der Waals surface area contributed by atoms with Gasteiger partial charge >= 0.3 is 0 Å². The molecule has 0 spiro atoms. The van der Waals surface area contributed by atoms with E-state index in [2.05, 4.69) is 5.32 Å².